The first kappa shape index (κ1) is 12.9. The number of allylic oxidation sites excluding steroid dienone is 2. The summed E-state index contributed by atoms with van der Waals surface area (Å²) in [6.45, 7) is 3.41. The molecule has 102 valence electrons. The highest BCUT2D eigenvalue weighted by molar-refractivity contribution is 5.13. The van der Waals surface area contributed by atoms with Crippen LogP contribution < -0.4 is 4.90 Å². The molecule has 1 aromatic rings. The molecule has 2 bridgehead atoms. The second-order valence-electron chi connectivity index (χ2n) is 6.13. The zero-order valence-electron chi connectivity index (χ0n) is 11.5. The van der Waals surface area contributed by atoms with Gasteiger partial charge < -0.3 is 10.0 Å². The Balaban J connectivity index is 1.60. The van der Waals surface area contributed by atoms with Crippen molar-refractivity contribution in [3.05, 3.63) is 48.0 Å². The van der Waals surface area contributed by atoms with Gasteiger partial charge in [0.15, 0.2) is 0 Å². The molecule has 2 heteroatoms. The Morgan fingerprint density at radius 1 is 1.11 bits per heavy atom. The molecule has 0 aliphatic heterocycles. The molecule has 3 rings (SSSR count). The lowest BCUT2D eigenvalue weighted by atomic mass is 9.93. The maximum atomic E-state index is 9.29. The Labute approximate surface area is 115 Å². The van der Waals surface area contributed by atoms with Gasteiger partial charge in [-0.05, 0) is 24.7 Å². The van der Waals surface area contributed by atoms with Crippen molar-refractivity contribution in [2.24, 2.45) is 17.8 Å². The molecule has 0 aromatic heterocycles. The molecule has 1 aromatic carbocycles. The van der Waals surface area contributed by atoms with Crippen molar-refractivity contribution in [1.82, 2.24) is 0 Å². The van der Waals surface area contributed by atoms with Crippen molar-refractivity contribution in [2.75, 3.05) is 19.7 Å². The fourth-order valence-corrected chi connectivity index (χ4v) is 3.81. The van der Waals surface area contributed by atoms with Gasteiger partial charge in [-0.15, -0.1) is 0 Å². The zero-order chi connectivity index (χ0) is 13.1. The minimum atomic E-state index is 0.290. The fourth-order valence-electron chi connectivity index (χ4n) is 3.81. The van der Waals surface area contributed by atoms with Crippen molar-refractivity contribution in [2.45, 2.75) is 19.4 Å². The molecule has 4 atom stereocenters. The number of nitrogens with one attached hydrogen (secondary N) is 1. The molecule has 0 radical (unpaired) electrons. The number of benzene rings is 1. The molecule has 2 aliphatic carbocycles. The Hall–Kier alpha value is -1.12. The number of fused-ring (bicyclic) bond motifs is 2. The predicted octanol–water partition coefficient (Wildman–Crippen LogP) is 1.28. The number of quaternary nitrogens is 1. The van der Waals surface area contributed by atoms with Gasteiger partial charge >= 0.3 is 0 Å². The van der Waals surface area contributed by atoms with Gasteiger partial charge in [0.1, 0.15) is 13.1 Å². The van der Waals surface area contributed by atoms with E-state index in [-0.39, 0.29) is 0 Å². The first-order chi connectivity index (χ1) is 9.35. The van der Waals surface area contributed by atoms with Crippen LogP contribution in [-0.4, -0.2) is 24.8 Å². The third-order valence-electron chi connectivity index (χ3n) is 4.73. The van der Waals surface area contributed by atoms with E-state index in [9.17, 15) is 5.11 Å². The van der Waals surface area contributed by atoms with E-state index in [1.54, 1.807) is 0 Å². The van der Waals surface area contributed by atoms with Crippen LogP contribution in [0.4, 0.5) is 0 Å². The van der Waals surface area contributed by atoms with Crippen LogP contribution in [0.3, 0.4) is 0 Å². The Morgan fingerprint density at radius 2 is 1.95 bits per heavy atom. The molecule has 0 amide bonds. The molecule has 19 heavy (non-hydrogen) atoms. The summed E-state index contributed by atoms with van der Waals surface area (Å²) in [5.41, 5.74) is 1.38. The molecule has 0 heterocycles. The van der Waals surface area contributed by atoms with Crippen LogP contribution in [0.1, 0.15) is 18.4 Å². The number of aliphatic hydroxyl groups is 1. The molecular formula is C17H24NO+. The van der Waals surface area contributed by atoms with Crippen LogP contribution in [0.5, 0.6) is 0 Å². The Kier molecular flexibility index (Phi) is 4.00. The highest BCUT2D eigenvalue weighted by atomic mass is 16.3. The quantitative estimate of drug-likeness (QED) is 0.738. The van der Waals surface area contributed by atoms with Crippen LogP contribution in [0, 0.1) is 17.8 Å². The SMILES string of the molecule is OCC[NH+](Cc1ccccc1)C[C@@H]1C[C@H]2C=C[C@@H]1C2. The largest absolute Gasteiger partial charge is 0.391 e. The smallest absolute Gasteiger partial charge is 0.103 e. The van der Waals surface area contributed by atoms with Gasteiger partial charge in [0.05, 0.1) is 13.2 Å². The first-order valence-electron chi connectivity index (χ1n) is 7.52. The third-order valence-corrected chi connectivity index (χ3v) is 4.73. The standard InChI is InChI=1S/C17H23NO/c19-9-8-18(12-14-4-2-1-3-5-14)13-17-11-15-6-7-16(17)10-15/h1-7,15-17,19H,8-13H2/p+1/t15-,16+,17-/m0/s1. The average molecular weight is 258 g/mol. The summed E-state index contributed by atoms with van der Waals surface area (Å²) in [4.78, 5) is 1.53. The van der Waals surface area contributed by atoms with E-state index < -0.39 is 0 Å². The summed E-state index contributed by atoms with van der Waals surface area (Å²) in [5, 5.41) is 9.29. The lowest BCUT2D eigenvalue weighted by Gasteiger charge is -2.25. The average Bonchev–Trinajstić information content (AvgIpc) is 3.02. The number of aliphatic hydroxyl groups excluding tert-OH is 1. The van der Waals surface area contributed by atoms with E-state index in [1.165, 1.54) is 29.8 Å². The molecule has 2 nitrogen and oxygen atoms in total. The van der Waals surface area contributed by atoms with Gasteiger partial charge in [0, 0.05) is 11.5 Å². The molecule has 2 N–H and O–H groups in total. The van der Waals surface area contributed by atoms with Crippen LogP contribution in [0.25, 0.3) is 0 Å². The first-order valence-corrected chi connectivity index (χ1v) is 7.52. The van der Waals surface area contributed by atoms with Crippen LogP contribution in [0.15, 0.2) is 42.5 Å². The van der Waals surface area contributed by atoms with Crippen LogP contribution in [0.2, 0.25) is 0 Å². The monoisotopic (exact) mass is 258 g/mol. The minimum Gasteiger partial charge on any atom is -0.391 e. The normalized spacial score (nSPS) is 29.8. The molecular weight excluding hydrogens is 234 g/mol. The Morgan fingerprint density at radius 3 is 2.58 bits per heavy atom. The van der Waals surface area contributed by atoms with Crippen LogP contribution >= 0.6 is 0 Å². The van der Waals surface area contributed by atoms with E-state index in [0.29, 0.717) is 6.61 Å². The minimum absolute atomic E-state index is 0.290. The lowest BCUT2D eigenvalue weighted by Crippen LogP contribution is -3.12. The zero-order valence-corrected chi connectivity index (χ0v) is 11.5. The number of hydrogen-bond acceptors (Lipinski definition) is 1. The maximum absolute atomic E-state index is 9.29. The van der Waals surface area contributed by atoms with Gasteiger partial charge in [-0.1, -0.05) is 42.5 Å². The van der Waals surface area contributed by atoms with Crippen molar-refractivity contribution in [1.29, 1.82) is 0 Å². The number of rotatable bonds is 6. The maximum Gasteiger partial charge on any atom is 0.103 e. The second-order valence-corrected chi connectivity index (χ2v) is 6.13. The van der Waals surface area contributed by atoms with Crippen molar-refractivity contribution in [3.63, 3.8) is 0 Å². The van der Waals surface area contributed by atoms with Gasteiger partial charge in [0.25, 0.3) is 0 Å². The highest BCUT2D eigenvalue weighted by Crippen LogP contribution is 2.42. The summed E-state index contributed by atoms with van der Waals surface area (Å²) in [7, 11) is 0. The molecule has 1 saturated carbocycles. The van der Waals surface area contributed by atoms with E-state index in [1.807, 2.05) is 0 Å². The van der Waals surface area contributed by atoms with E-state index in [0.717, 1.165) is 30.8 Å². The second kappa shape index (κ2) is 5.89. The van der Waals surface area contributed by atoms with Crippen LogP contribution in [-0.2, 0) is 6.54 Å². The van der Waals surface area contributed by atoms with Gasteiger partial charge in [-0.25, -0.2) is 0 Å². The molecule has 0 spiro atoms. The van der Waals surface area contributed by atoms with Crippen molar-refractivity contribution < 1.29 is 10.0 Å². The van der Waals surface area contributed by atoms with E-state index in [2.05, 4.69) is 42.5 Å². The molecule has 2 aliphatic rings. The lowest BCUT2D eigenvalue weighted by molar-refractivity contribution is -0.917. The summed E-state index contributed by atoms with van der Waals surface area (Å²) in [6.07, 6.45) is 7.58. The Bertz CT molecular complexity index is 428. The molecule has 1 fully saturated rings. The van der Waals surface area contributed by atoms with Gasteiger partial charge in [-0.3, -0.25) is 0 Å². The van der Waals surface area contributed by atoms with E-state index in [4.69, 9.17) is 0 Å². The van der Waals surface area contributed by atoms with Crippen molar-refractivity contribution in [3.8, 4) is 0 Å². The highest BCUT2D eigenvalue weighted by Gasteiger charge is 2.37. The summed E-state index contributed by atoms with van der Waals surface area (Å²) < 4.78 is 0. The molecule has 0 saturated heterocycles. The summed E-state index contributed by atoms with van der Waals surface area (Å²) in [6, 6.07) is 10.7. The van der Waals surface area contributed by atoms with Gasteiger partial charge in [0.2, 0.25) is 0 Å². The molecule has 1 unspecified atom stereocenters. The van der Waals surface area contributed by atoms with Crippen molar-refractivity contribution >= 4 is 0 Å². The third kappa shape index (κ3) is 3.07. The fraction of sp³-hybridized carbons (Fsp3) is 0.529. The van der Waals surface area contributed by atoms with Gasteiger partial charge in [-0.2, -0.15) is 0 Å². The topological polar surface area (TPSA) is 24.7 Å². The van der Waals surface area contributed by atoms with E-state index >= 15 is 0 Å². The number of hydrogen-bond donors (Lipinski definition) is 2. The predicted molar refractivity (Wildman–Crippen MR) is 76.8 cm³/mol. The summed E-state index contributed by atoms with van der Waals surface area (Å²) >= 11 is 0. The summed E-state index contributed by atoms with van der Waals surface area (Å²) in [5.74, 6) is 2.50.